The topological polar surface area (TPSA) is 23.5 Å². The van der Waals surface area contributed by atoms with Crippen LogP contribution in [0.1, 0.15) is 23.6 Å². The van der Waals surface area contributed by atoms with Crippen LogP contribution < -0.4 is 4.90 Å². The van der Waals surface area contributed by atoms with Gasteiger partial charge in [-0.05, 0) is 37.6 Å². The number of aliphatic hydroxyl groups excluding tert-OH is 1. The van der Waals surface area contributed by atoms with Crippen LogP contribution in [0.25, 0.3) is 0 Å². The Balaban J connectivity index is 2.10. The molecule has 1 aliphatic heterocycles. The molecule has 0 spiro atoms. The molecule has 0 saturated heterocycles. The van der Waals surface area contributed by atoms with Crippen molar-refractivity contribution in [2.24, 2.45) is 0 Å². The molecule has 0 radical (unpaired) electrons. The molecule has 0 aromatic heterocycles. The summed E-state index contributed by atoms with van der Waals surface area (Å²) < 4.78 is 0. The molecule has 1 unspecified atom stereocenters. The summed E-state index contributed by atoms with van der Waals surface area (Å²) in [5.41, 5.74) is 5.98. The molecule has 1 heterocycles. The number of nitrogens with zero attached hydrogens (tertiary/aromatic N) is 1. The summed E-state index contributed by atoms with van der Waals surface area (Å²) in [7, 11) is 0. The van der Waals surface area contributed by atoms with Crippen molar-refractivity contribution in [3.8, 4) is 0 Å². The quantitative estimate of drug-likeness (QED) is 0.896. The van der Waals surface area contributed by atoms with Gasteiger partial charge in [0.2, 0.25) is 0 Å². The number of anilines is 2. The van der Waals surface area contributed by atoms with Crippen LogP contribution in [-0.2, 0) is 5.41 Å². The van der Waals surface area contributed by atoms with Crippen LogP contribution in [0, 0.1) is 13.8 Å². The third kappa shape index (κ3) is 2.01. The van der Waals surface area contributed by atoms with Gasteiger partial charge >= 0.3 is 0 Å². The molecule has 2 aromatic carbocycles. The van der Waals surface area contributed by atoms with Gasteiger partial charge in [0, 0.05) is 23.3 Å². The Morgan fingerprint density at radius 3 is 2.35 bits per heavy atom. The molecule has 1 aliphatic rings. The molecule has 2 heteroatoms. The minimum atomic E-state index is -0.188. The molecule has 2 aromatic rings. The lowest BCUT2D eigenvalue weighted by molar-refractivity contribution is 0.216. The molecule has 0 fully saturated rings. The highest BCUT2D eigenvalue weighted by Crippen LogP contribution is 2.44. The third-order valence-corrected chi connectivity index (χ3v) is 4.29. The number of benzene rings is 2. The van der Waals surface area contributed by atoms with Gasteiger partial charge in [-0.1, -0.05) is 42.3 Å². The van der Waals surface area contributed by atoms with Gasteiger partial charge in [-0.3, -0.25) is 0 Å². The molecule has 20 heavy (non-hydrogen) atoms. The van der Waals surface area contributed by atoms with Crippen molar-refractivity contribution in [2.45, 2.75) is 26.2 Å². The first kappa shape index (κ1) is 13.2. The number of fused-ring (bicyclic) bond motifs is 1. The van der Waals surface area contributed by atoms with E-state index in [1.54, 1.807) is 0 Å². The van der Waals surface area contributed by atoms with E-state index in [4.69, 9.17) is 0 Å². The second-order valence-electron chi connectivity index (χ2n) is 6.16. The summed E-state index contributed by atoms with van der Waals surface area (Å²) >= 11 is 0. The molecule has 3 rings (SSSR count). The second-order valence-corrected chi connectivity index (χ2v) is 6.16. The molecule has 104 valence electrons. The van der Waals surface area contributed by atoms with Crippen molar-refractivity contribution in [1.29, 1.82) is 0 Å². The molecule has 0 amide bonds. The normalized spacial score (nSPS) is 21.1. The Hall–Kier alpha value is -1.80. The lowest BCUT2D eigenvalue weighted by Gasteiger charge is -2.24. The zero-order valence-corrected chi connectivity index (χ0v) is 12.4. The molecule has 1 atom stereocenters. The Labute approximate surface area is 120 Å². The molecule has 2 nitrogen and oxygen atoms in total. The van der Waals surface area contributed by atoms with Crippen molar-refractivity contribution >= 4 is 11.4 Å². The number of rotatable bonds is 2. The number of hydrogen-bond donors (Lipinski definition) is 1. The Bertz CT molecular complexity index is 632. The van der Waals surface area contributed by atoms with E-state index in [1.807, 2.05) is 0 Å². The molecule has 0 aliphatic carbocycles. The lowest BCUT2D eigenvalue weighted by atomic mass is 9.85. The highest BCUT2D eigenvalue weighted by Gasteiger charge is 2.38. The SMILES string of the molecule is Cc1ccc(N2CC(C)(CO)c3cc(C)ccc32)cc1. The zero-order chi connectivity index (χ0) is 14.3. The van der Waals surface area contributed by atoms with Crippen LogP contribution in [-0.4, -0.2) is 18.3 Å². The van der Waals surface area contributed by atoms with E-state index < -0.39 is 0 Å². The van der Waals surface area contributed by atoms with E-state index in [0.717, 1.165) is 6.54 Å². The average Bonchev–Trinajstić information content (AvgIpc) is 2.74. The van der Waals surface area contributed by atoms with Crippen LogP contribution in [0.4, 0.5) is 11.4 Å². The molecular weight excluding hydrogens is 246 g/mol. The summed E-state index contributed by atoms with van der Waals surface area (Å²) in [5.74, 6) is 0. The Morgan fingerprint density at radius 1 is 1.05 bits per heavy atom. The molecule has 0 saturated carbocycles. The van der Waals surface area contributed by atoms with Crippen molar-refractivity contribution in [3.05, 3.63) is 59.2 Å². The maximum atomic E-state index is 9.85. The van der Waals surface area contributed by atoms with Crippen LogP contribution in [0.5, 0.6) is 0 Å². The Kier molecular flexibility index (Phi) is 3.06. The largest absolute Gasteiger partial charge is 0.395 e. The minimum Gasteiger partial charge on any atom is -0.395 e. The molecular formula is C18H21NO. The van der Waals surface area contributed by atoms with Gasteiger partial charge in [0.25, 0.3) is 0 Å². The van der Waals surface area contributed by atoms with Crippen molar-refractivity contribution in [3.63, 3.8) is 0 Å². The first-order chi connectivity index (χ1) is 9.53. The van der Waals surface area contributed by atoms with Crippen molar-refractivity contribution in [2.75, 3.05) is 18.1 Å². The van der Waals surface area contributed by atoms with Gasteiger partial charge in [0.05, 0.1) is 6.61 Å². The van der Waals surface area contributed by atoms with E-state index in [-0.39, 0.29) is 12.0 Å². The van der Waals surface area contributed by atoms with E-state index in [0.29, 0.717) is 0 Å². The average molecular weight is 267 g/mol. The van der Waals surface area contributed by atoms with Gasteiger partial charge in [0.15, 0.2) is 0 Å². The smallest absolute Gasteiger partial charge is 0.0543 e. The fourth-order valence-corrected chi connectivity index (χ4v) is 2.98. The number of aryl methyl sites for hydroxylation is 2. The zero-order valence-electron chi connectivity index (χ0n) is 12.4. The first-order valence-electron chi connectivity index (χ1n) is 7.10. The summed E-state index contributed by atoms with van der Waals surface area (Å²) in [6.45, 7) is 7.34. The standard InChI is InChI=1S/C18H21NO/c1-13-4-7-15(8-5-13)19-11-18(3,12-20)16-10-14(2)6-9-17(16)19/h4-10,20H,11-12H2,1-3H3. The molecule has 1 N–H and O–H groups in total. The summed E-state index contributed by atoms with van der Waals surface area (Å²) in [6, 6.07) is 15.1. The first-order valence-corrected chi connectivity index (χ1v) is 7.10. The van der Waals surface area contributed by atoms with Gasteiger partial charge in [-0.25, -0.2) is 0 Å². The second kappa shape index (κ2) is 4.64. The monoisotopic (exact) mass is 267 g/mol. The highest BCUT2D eigenvalue weighted by molar-refractivity contribution is 5.73. The van der Waals surface area contributed by atoms with E-state index in [2.05, 4.69) is 68.1 Å². The van der Waals surface area contributed by atoms with E-state index >= 15 is 0 Å². The Morgan fingerprint density at radius 2 is 1.70 bits per heavy atom. The van der Waals surface area contributed by atoms with E-state index in [1.165, 1.54) is 28.1 Å². The van der Waals surface area contributed by atoms with Gasteiger partial charge in [0.1, 0.15) is 0 Å². The van der Waals surface area contributed by atoms with Gasteiger partial charge < -0.3 is 10.0 Å². The maximum Gasteiger partial charge on any atom is 0.0543 e. The van der Waals surface area contributed by atoms with Gasteiger partial charge in [-0.15, -0.1) is 0 Å². The molecule has 0 bridgehead atoms. The fourth-order valence-electron chi connectivity index (χ4n) is 2.98. The number of aliphatic hydroxyl groups is 1. The minimum absolute atomic E-state index is 0.172. The van der Waals surface area contributed by atoms with Crippen molar-refractivity contribution in [1.82, 2.24) is 0 Å². The fraction of sp³-hybridized carbons (Fsp3) is 0.333. The van der Waals surface area contributed by atoms with Gasteiger partial charge in [-0.2, -0.15) is 0 Å². The summed E-state index contributed by atoms with van der Waals surface area (Å²) in [4.78, 5) is 2.31. The predicted molar refractivity (Wildman–Crippen MR) is 83.8 cm³/mol. The van der Waals surface area contributed by atoms with Crippen LogP contribution in [0.3, 0.4) is 0 Å². The van der Waals surface area contributed by atoms with Crippen LogP contribution >= 0.6 is 0 Å². The summed E-state index contributed by atoms with van der Waals surface area (Å²) in [6.07, 6.45) is 0. The van der Waals surface area contributed by atoms with E-state index in [9.17, 15) is 5.11 Å². The lowest BCUT2D eigenvalue weighted by Crippen LogP contribution is -2.31. The highest BCUT2D eigenvalue weighted by atomic mass is 16.3. The summed E-state index contributed by atoms with van der Waals surface area (Å²) in [5, 5.41) is 9.85. The number of hydrogen-bond acceptors (Lipinski definition) is 2. The maximum absolute atomic E-state index is 9.85. The third-order valence-electron chi connectivity index (χ3n) is 4.29. The van der Waals surface area contributed by atoms with Crippen LogP contribution in [0.15, 0.2) is 42.5 Å². The van der Waals surface area contributed by atoms with Crippen molar-refractivity contribution < 1.29 is 5.11 Å². The predicted octanol–water partition coefficient (Wildman–Crippen LogP) is 3.71. The van der Waals surface area contributed by atoms with Crippen LogP contribution in [0.2, 0.25) is 0 Å².